The van der Waals surface area contributed by atoms with Gasteiger partial charge in [-0.05, 0) is 17.2 Å². The first-order valence-electron chi connectivity index (χ1n) is 8.15. The fraction of sp³-hybridized carbons (Fsp3) is 0.368. The minimum absolute atomic E-state index is 0.321. The number of nitrogens with one attached hydrogen (secondary N) is 1. The molecule has 0 saturated carbocycles. The molecule has 1 N–H and O–H groups in total. The van der Waals surface area contributed by atoms with Gasteiger partial charge in [0.05, 0.1) is 13.2 Å². The molecule has 0 aliphatic carbocycles. The number of benzene rings is 2. The first kappa shape index (κ1) is 16.7. The molecule has 0 amide bonds. The molecular weight excluding hydrogens is 352 g/mol. The van der Waals surface area contributed by atoms with Crippen LogP contribution in [0.3, 0.4) is 0 Å². The highest BCUT2D eigenvalue weighted by atomic mass is 79.9. The number of hydrogen-bond donors (Lipinski definition) is 1. The third kappa shape index (κ3) is 4.88. The summed E-state index contributed by atoms with van der Waals surface area (Å²) in [5.74, 6) is 0. The van der Waals surface area contributed by atoms with Crippen LogP contribution in [0.4, 0.5) is 0 Å². The van der Waals surface area contributed by atoms with E-state index < -0.39 is 0 Å². The molecule has 1 fully saturated rings. The summed E-state index contributed by atoms with van der Waals surface area (Å²) < 4.78 is 6.62. The summed E-state index contributed by atoms with van der Waals surface area (Å²) in [6.45, 7) is 5.57. The smallest absolute Gasteiger partial charge is 0.0594 e. The predicted octanol–water partition coefficient (Wildman–Crippen LogP) is 3.61. The standard InChI is InChI=1S/C19H23BrN2O/c20-18-9-5-4-8-17(18)14-21-19(16-6-2-1-3-7-16)15-22-10-12-23-13-11-22/h1-9,19,21H,10-15H2. The van der Waals surface area contributed by atoms with Crippen molar-refractivity contribution in [3.8, 4) is 0 Å². The van der Waals surface area contributed by atoms with Crippen LogP contribution >= 0.6 is 15.9 Å². The van der Waals surface area contributed by atoms with Crippen LogP contribution in [0.2, 0.25) is 0 Å². The Morgan fingerprint density at radius 3 is 2.43 bits per heavy atom. The topological polar surface area (TPSA) is 24.5 Å². The third-order valence-corrected chi connectivity index (χ3v) is 5.02. The van der Waals surface area contributed by atoms with Gasteiger partial charge in [0, 0.05) is 36.7 Å². The van der Waals surface area contributed by atoms with E-state index in [1.807, 2.05) is 0 Å². The molecule has 0 spiro atoms. The Hall–Kier alpha value is -1.20. The second-order valence-electron chi connectivity index (χ2n) is 5.85. The van der Waals surface area contributed by atoms with E-state index in [0.717, 1.165) is 43.9 Å². The lowest BCUT2D eigenvalue weighted by molar-refractivity contribution is 0.0333. The van der Waals surface area contributed by atoms with Crippen molar-refractivity contribution in [2.75, 3.05) is 32.8 Å². The quantitative estimate of drug-likeness (QED) is 0.835. The average molecular weight is 375 g/mol. The highest BCUT2D eigenvalue weighted by molar-refractivity contribution is 9.10. The molecule has 1 aliphatic heterocycles. The van der Waals surface area contributed by atoms with Crippen molar-refractivity contribution in [1.29, 1.82) is 0 Å². The minimum atomic E-state index is 0.321. The Bertz CT molecular complexity index is 599. The Morgan fingerprint density at radius 1 is 1.00 bits per heavy atom. The molecule has 2 aromatic carbocycles. The van der Waals surface area contributed by atoms with Crippen LogP contribution in [0.5, 0.6) is 0 Å². The summed E-state index contributed by atoms with van der Waals surface area (Å²) in [5, 5.41) is 3.73. The van der Waals surface area contributed by atoms with E-state index in [4.69, 9.17) is 4.74 Å². The molecule has 1 heterocycles. The van der Waals surface area contributed by atoms with Gasteiger partial charge in [-0.2, -0.15) is 0 Å². The summed E-state index contributed by atoms with van der Waals surface area (Å²) in [7, 11) is 0. The predicted molar refractivity (Wildman–Crippen MR) is 97.4 cm³/mol. The summed E-state index contributed by atoms with van der Waals surface area (Å²) in [6.07, 6.45) is 0. The molecule has 1 aliphatic rings. The van der Waals surface area contributed by atoms with Gasteiger partial charge >= 0.3 is 0 Å². The fourth-order valence-corrected chi connectivity index (χ4v) is 3.31. The number of nitrogens with zero attached hydrogens (tertiary/aromatic N) is 1. The molecule has 1 saturated heterocycles. The van der Waals surface area contributed by atoms with Crippen molar-refractivity contribution in [2.24, 2.45) is 0 Å². The van der Waals surface area contributed by atoms with Gasteiger partial charge in [-0.3, -0.25) is 4.90 Å². The molecule has 1 atom stereocenters. The Balaban J connectivity index is 1.68. The lowest BCUT2D eigenvalue weighted by atomic mass is 10.1. The second kappa shape index (κ2) is 8.60. The van der Waals surface area contributed by atoms with Crippen LogP contribution in [0, 0.1) is 0 Å². The van der Waals surface area contributed by atoms with Gasteiger partial charge in [0.1, 0.15) is 0 Å². The molecule has 3 rings (SSSR count). The van der Waals surface area contributed by atoms with Crippen LogP contribution in [0.15, 0.2) is 59.1 Å². The Labute approximate surface area is 146 Å². The average Bonchev–Trinajstić information content (AvgIpc) is 2.61. The number of hydrogen-bond acceptors (Lipinski definition) is 3. The maximum absolute atomic E-state index is 5.46. The summed E-state index contributed by atoms with van der Waals surface area (Å²) in [6, 6.07) is 19.4. The minimum Gasteiger partial charge on any atom is -0.379 e. The fourth-order valence-electron chi connectivity index (χ4n) is 2.89. The lowest BCUT2D eigenvalue weighted by Crippen LogP contribution is -2.41. The Morgan fingerprint density at radius 2 is 1.70 bits per heavy atom. The highest BCUT2D eigenvalue weighted by Crippen LogP contribution is 2.19. The number of halogens is 1. The van der Waals surface area contributed by atoms with Gasteiger partial charge in [-0.25, -0.2) is 0 Å². The number of rotatable bonds is 6. The van der Waals surface area contributed by atoms with Gasteiger partial charge in [0.15, 0.2) is 0 Å². The summed E-state index contributed by atoms with van der Waals surface area (Å²) in [4.78, 5) is 2.48. The lowest BCUT2D eigenvalue weighted by Gasteiger charge is -2.31. The van der Waals surface area contributed by atoms with Gasteiger partial charge in [-0.15, -0.1) is 0 Å². The molecule has 0 bridgehead atoms. The van der Waals surface area contributed by atoms with Crippen LogP contribution in [0.1, 0.15) is 17.2 Å². The SMILES string of the molecule is Brc1ccccc1CNC(CN1CCOCC1)c1ccccc1. The first-order valence-corrected chi connectivity index (χ1v) is 8.94. The summed E-state index contributed by atoms with van der Waals surface area (Å²) in [5.41, 5.74) is 2.63. The third-order valence-electron chi connectivity index (χ3n) is 4.24. The molecule has 122 valence electrons. The van der Waals surface area contributed by atoms with Crippen LogP contribution in [-0.2, 0) is 11.3 Å². The van der Waals surface area contributed by atoms with Crippen molar-refractivity contribution in [3.63, 3.8) is 0 Å². The maximum atomic E-state index is 5.46. The molecule has 1 unspecified atom stereocenters. The first-order chi connectivity index (χ1) is 11.3. The van der Waals surface area contributed by atoms with Crippen LogP contribution < -0.4 is 5.32 Å². The highest BCUT2D eigenvalue weighted by Gasteiger charge is 2.18. The van der Waals surface area contributed by atoms with Crippen molar-refractivity contribution >= 4 is 15.9 Å². The normalized spacial score (nSPS) is 17.1. The van der Waals surface area contributed by atoms with Crippen molar-refractivity contribution < 1.29 is 4.74 Å². The molecular formula is C19H23BrN2O. The monoisotopic (exact) mass is 374 g/mol. The maximum Gasteiger partial charge on any atom is 0.0594 e. The number of ether oxygens (including phenoxy) is 1. The molecule has 0 radical (unpaired) electrons. The van der Waals surface area contributed by atoms with E-state index in [-0.39, 0.29) is 0 Å². The van der Waals surface area contributed by atoms with Crippen LogP contribution in [-0.4, -0.2) is 37.7 Å². The zero-order valence-electron chi connectivity index (χ0n) is 13.2. The van der Waals surface area contributed by atoms with E-state index in [9.17, 15) is 0 Å². The van der Waals surface area contributed by atoms with Gasteiger partial charge in [0.2, 0.25) is 0 Å². The zero-order valence-corrected chi connectivity index (χ0v) is 14.8. The van der Waals surface area contributed by atoms with Gasteiger partial charge < -0.3 is 10.1 Å². The molecule has 4 heteroatoms. The second-order valence-corrected chi connectivity index (χ2v) is 6.70. The van der Waals surface area contributed by atoms with E-state index in [1.54, 1.807) is 0 Å². The largest absolute Gasteiger partial charge is 0.379 e. The van der Waals surface area contributed by atoms with E-state index >= 15 is 0 Å². The molecule has 0 aromatic heterocycles. The van der Waals surface area contributed by atoms with E-state index in [1.165, 1.54) is 11.1 Å². The van der Waals surface area contributed by atoms with Crippen molar-refractivity contribution in [2.45, 2.75) is 12.6 Å². The van der Waals surface area contributed by atoms with Gasteiger partial charge in [0.25, 0.3) is 0 Å². The van der Waals surface area contributed by atoms with Gasteiger partial charge in [-0.1, -0.05) is 64.5 Å². The number of morpholine rings is 1. The van der Waals surface area contributed by atoms with E-state index in [0.29, 0.717) is 6.04 Å². The van der Waals surface area contributed by atoms with Crippen LogP contribution in [0.25, 0.3) is 0 Å². The molecule has 3 nitrogen and oxygen atoms in total. The van der Waals surface area contributed by atoms with Crippen molar-refractivity contribution in [1.82, 2.24) is 10.2 Å². The molecule has 23 heavy (non-hydrogen) atoms. The van der Waals surface area contributed by atoms with E-state index in [2.05, 4.69) is 80.7 Å². The van der Waals surface area contributed by atoms with Crippen molar-refractivity contribution in [3.05, 3.63) is 70.2 Å². The zero-order chi connectivity index (χ0) is 15.9. The Kier molecular flexibility index (Phi) is 6.22. The molecule has 2 aromatic rings. The summed E-state index contributed by atoms with van der Waals surface area (Å²) >= 11 is 3.63.